The molecule has 0 saturated carbocycles. The van der Waals surface area contributed by atoms with Crippen LogP contribution >= 0.6 is 0 Å². The normalized spacial score (nSPS) is 13.2. The minimum absolute atomic E-state index is 0.0546. The van der Waals surface area contributed by atoms with E-state index in [4.69, 9.17) is 4.74 Å². The lowest BCUT2D eigenvalue weighted by Crippen LogP contribution is -2.47. The first-order chi connectivity index (χ1) is 6.22. The zero-order valence-electron chi connectivity index (χ0n) is 9.30. The van der Waals surface area contributed by atoms with Crippen LogP contribution < -0.4 is 10.9 Å². The van der Waals surface area contributed by atoms with Gasteiger partial charge in [0, 0.05) is 0 Å². The summed E-state index contributed by atoms with van der Waals surface area (Å²) in [5.41, 5.74) is 4.28. The van der Waals surface area contributed by atoms with Crippen molar-refractivity contribution in [2.45, 2.75) is 46.3 Å². The number of carbonyl (C=O) groups is 2. The van der Waals surface area contributed by atoms with Gasteiger partial charge in [-0.3, -0.25) is 10.2 Å². The Morgan fingerprint density at radius 2 is 1.79 bits per heavy atom. The summed E-state index contributed by atoms with van der Waals surface area (Å²) < 4.78 is 4.94. The van der Waals surface area contributed by atoms with E-state index in [-0.39, 0.29) is 5.78 Å². The Bertz CT molecular complexity index is 221. The van der Waals surface area contributed by atoms with Crippen LogP contribution in [0.25, 0.3) is 0 Å². The van der Waals surface area contributed by atoms with Gasteiger partial charge in [0.15, 0.2) is 0 Å². The van der Waals surface area contributed by atoms with Crippen molar-refractivity contribution in [2.75, 3.05) is 0 Å². The molecule has 0 bridgehead atoms. The highest BCUT2D eigenvalue weighted by molar-refractivity contribution is 5.81. The number of hydrogen-bond donors (Lipinski definition) is 2. The molecule has 1 amide bonds. The standard InChI is InChI=1S/C9H18N2O3/c1-6(7(2)12)10-11-8(13)14-9(3,4)5/h6,10H,1-5H3,(H,11,13)/t6-/m0/s1. The molecule has 0 heterocycles. The van der Waals surface area contributed by atoms with Gasteiger partial charge < -0.3 is 4.74 Å². The van der Waals surface area contributed by atoms with Crippen LogP contribution in [0.4, 0.5) is 4.79 Å². The Morgan fingerprint density at radius 1 is 1.29 bits per heavy atom. The Balaban J connectivity index is 3.81. The van der Waals surface area contributed by atoms with Gasteiger partial charge in [0.25, 0.3) is 0 Å². The van der Waals surface area contributed by atoms with E-state index in [1.54, 1.807) is 27.7 Å². The van der Waals surface area contributed by atoms with Crippen molar-refractivity contribution in [3.63, 3.8) is 0 Å². The van der Waals surface area contributed by atoms with Crippen LogP contribution in [-0.4, -0.2) is 23.5 Å². The third-order valence-corrected chi connectivity index (χ3v) is 1.40. The zero-order chi connectivity index (χ0) is 11.4. The average molecular weight is 202 g/mol. The number of amides is 1. The van der Waals surface area contributed by atoms with Crippen LogP contribution in [0.5, 0.6) is 0 Å². The van der Waals surface area contributed by atoms with Crippen molar-refractivity contribution in [3.8, 4) is 0 Å². The van der Waals surface area contributed by atoms with Crippen LogP contribution in [0, 0.1) is 0 Å². The highest BCUT2D eigenvalue weighted by Crippen LogP contribution is 2.05. The minimum atomic E-state index is -0.592. The third-order valence-electron chi connectivity index (χ3n) is 1.40. The predicted molar refractivity (Wildman–Crippen MR) is 52.6 cm³/mol. The Morgan fingerprint density at radius 3 is 2.14 bits per heavy atom. The monoisotopic (exact) mass is 202 g/mol. The fourth-order valence-corrected chi connectivity index (χ4v) is 0.572. The second-order valence-corrected chi connectivity index (χ2v) is 4.10. The molecule has 0 unspecified atom stereocenters. The number of ether oxygens (including phenoxy) is 1. The van der Waals surface area contributed by atoms with Crippen LogP contribution in [0.1, 0.15) is 34.6 Å². The van der Waals surface area contributed by atoms with Crippen molar-refractivity contribution in [1.82, 2.24) is 10.9 Å². The summed E-state index contributed by atoms with van der Waals surface area (Å²) in [6, 6.07) is -0.414. The molecule has 5 nitrogen and oxygen atoms in total. The molecule has 0 spiro atoms. The molecule has 0 rings (SSSR count). The van der Waals surface area contributed by atoms with Gasteiger partial charge in [0.1, 0.15) is 11.4 Å². The lowest BCUT2D eigenvalue weighted by molar-refractivity contribution is -0.118. The van der Waals surface area contributed by atoms with Crippen LogP contribution in [0.3, 0.4) is 0 Å². The van der Waals surface area contributed by atoms with Gasteiger partial charge >= 0.3 is 6.09 Å². The molecule has 0 aromatic rings. The Kier molecular flexibility index (Phi) is 4.56. The lowest BCUT2D eigenvalue weighted by atomic mass is 10.2. The first kappa shape index (κ1) is 12.9. The highest BCUT2D eigenvalue weighted by Gasteiger charge is 2.16. The smallest absolute Gasteiger partial charge is 0.422 e. The van der Waals surface area contributed by atoms with Gasteiger partial charge in [-0.15, -0.1) is 0 Å². The summed E-state index contributed by atoms with van der Waals surface area (Å²) in [5.74, 6) is -0.0546. The summed E-state index contributed by atoms with van der Waals surface area (Å²) in [6.45, 7) is 8.39. The number of hydrazine groups is 1. The van der Waals surface area contributed by atoms with Gasteiger partial charge in [-0.1, -0.05) is 0 Å². The van der Waals surface area contributed by atoms with E-state index in [0.29, 0.717) is 0 Å². The van der Waals surface area contributed by atoms with E-state index in [0.717, 1.165) is 0 Å². The van der Waals surface area contributed by atoms with Gasteiger partial charge in [-0.2, -0.15) is 0 Å². The van der Waals surface area contributed by atoms with Crippen LogP contribution in [0.15, 0.2) is 0 Å². The summed E-state index contributed by atoms with van der Waals surface area (Å²) >= 11 is 0. The number of carbonyl (C=O) groups excluding carboxylic acids is 2. The van der Waals surface area contributed by atoms with E-state index >= 15 is 0 Å². The van der Waals surface area contributed by atoms with E-state index < -0.39 is 17.7 Å². The molecule has 0 aliphatic rings. The topological polar surface area (TPSA) is 67.4 Å². The van der Waals surface area contributed by atoms with E-state index in [2.05, 4.69) is 10.9 Å². The summed E-state index contributed by atoms with van der Waals surface area (Å²) in [7, 11) is 0. The minimum Gasteiger partial charge on any atom is -0.443 e. The van der Waals surface area contributed by atoms with Crippen LogP contribution in [0.2, 0.25) is 0 Å². The molecule has 0 aromatic carbocycles. The number of ketones is 1. The van der Waals surface area contributed by atoms with Crippen molar-refractivity contribution in [1.29, 1.82) is 0 Å². The first-order valence-electron chi connectivity index (χ1n) is 4.47. The summed E-state index contributed by atoms with van der Waals surface area (Å²) in [4.78, 5) is 21.9. The molecule has 0 saturated heterocycles. The van der Waals surface area contributed by atoms with Crippen molar-refractivity contribution < 1.29 is 14.3 Å². The maximum atomic E-state index is 11.1. The SMILES string of the molecule is CC(=O)[C@H](C)NNC(=O)OC(C)(C)C. The Hall–Kier alpha value is -1.10. The number of Topliss-reactive ketones (excluding diaryl/α,β-unsaturated/α-hetero) is 1. The van der Waals surface area contributed by atoms with Gasteiger partial charge in [0.05, 0.1) is 6.04 Å². The highest BCUT2D eigenvalue weighted by atomic mass is 16.6. The summed E-state index contributed by atoms with van der Waals surface area (Å²) in [5, 5.41) is 0. The molecule has 14 heavy (non-hydrogen) atoms. The summed E-state index contributed by atoms with van der Waals surface area (Å²) in [6.07, 6.45) is -0.592. The fourth-order valence-electron chi connectivity index (χ4n) is 0.572. The van der Waals surface area contributed by atoms with Crippen molar-refractivity contribution in [3.05, 3.63) is 0 Å². The number of hydrogen-bond acceptors (Lipinski definition) is 4. The lowest BCUT2D eigenvalue weighted by Gasteiger charge is -2.20. The Labute approximate surface area is 84.2 Å². The third kappa shape index (κ3) is 6.42. The molecule has 0 radical (unpaired) electrons. The first-order valence-corrected chi connectivity index (χ1v) is 4.47. The second-order valence-electron chi connectivity index (χ2n) is 4.10. The van der Waals surface area contributed by atoms with Crippen molar-refractivity contribution in [2.24, 2.45) is 0 Å². The predicted octanol–water partition coefficient (Wildman–Crippen LogP) is 0.993. The molecule has 0 aromatic heterocycles. The second kappa shape index (κ2) is 4.95. The maximum absolute atomic E-state index is 11.1. The molecule has 82 valence electrons. The van der Waals surface area contributed by atoms with Gasteiger partial charge in [-0.25, -0.2) is 10.2 Å². The fraction of sp³-hybridized carbons (Fsp3) is 0.778. The van der Waals surface area contributed by atoms with Crippen molar-refractivity contribution >= 4 is 11.9 Å². The molecular weight excluding hydrogens is 184 g/mol. The van der Waals surface area contributed by atoms with E-state index in [9.17, 15) is 9.59 Å². The largest absolute Gasteiger partial charge is 0.443 e. The molecule has 1 atom stereocenters. The molecule has 0 aliphatic heterocycles. The van der Waals surface area contributed by atoms with E-state index in [1.807, 2.05) is 0 Å². The maximum Gasteiger partial charge on any atom is 0.422 e. The van der Waals surface area contributed by atoms with Crippen LogP contribution in [-0.2, 0) is 9.53 Å². The zero-order valence-corrected chi connectivity index (χ0v) is 9.30. The average Bonchev–Trinajstić information content (AvgIpc) is 1.96. The number of rotatable bonds is 3. The molecular formula is C9H18N2O3. The number of nitrogens with one attached hydrogen (secondary N) is 2. The molecule has 0 fully saturated rings. The van der Waals surface area contributed by atoms with E-state index in [1.165, 1.54) is 6.92 Å². The molecule has 2 N–H and O–H groups in total. The molecule has 5 heteroatoms. The quantitative estimate of drug-likeness (QED) is 0.670. The molecule has 0 aliphatic carbocycles. The van der Waals surface area contributed by atoms with Gasteiger partial charge in [-0.05, 0) is 34.6 Å². The van der Waals surface area contributed by atoms with Gasteiger partial charge in [0.2, 0.25) is 0 Å².